The molecule has 2 heterocycles. The maximum absolute atomic E-state index is 12.4. The van der Waals surface area contributed by atoms with E-state index in [0.29, 0.717) is 24.9 Å². The van der Waals surface area contributed by atoms with E-state index in [1.165, 1.54) is 19.3 Å². The van der Waals surface area contributed by atoms with E-state index < -0.39 is 0 Å². The number of hydrogen-bond acceptors (Lipinski definition) is 3. The van der Waals surface area contributed by atoms with Crippen LogP contribution >= 0.6 is 0 Å². The quantitative estimate of drug-likeness (QED) is 0.872. The molecule has 2 aromatic rings. The van der Waals surface area contributed by atoms with Crippen molar-refractivity contribution in [2.75, 3.05) is 13.1 Å². The monoisotopic (exact) mass is 310 g/mol. The molecule has 120 valence electrons. The maximum Gasteiger partial charge on any atom is 0.225 e. The van der Waals surface area contributed by atoms with E-state index in [0.717, 1.165) is 23.7 Å². The predicted octanol–water partition coefficient (Wildman–Crippen LogP) is 3.40. The lowest BCUT2D eigenvalue weighted by molar-refractivity contribution is -0.145. The van der Waals surface area contributed by atoms with Gasteiger partial charge in [-0.15, -0.1) is 0 Å². The molecule has 0 bridgehead atoms. The van der Waals surface area contributed by atoms with Crippen LogP contribution in [0.2, 0.25) is 0 Å². The van der Waals surface area contributed by atoms with Crippen LogP contribution in [0.15, 0.2) is 36.4 Å². The van der Waals surface area contributed by atoms with E-state index in [4.69, 9.17) is 4.74 Å². The molecule has 1 aliphatic heterocycles. The van der Waals surface area contributed by atoms with Gasteiger partial charge in [0.2, 0.25) is 11.8 Å². The van der Waals surface area contributed by atoms with Gasteiger partial charge in [0.1, 0.15) is 6.10 Å². The summed E-state index contributed by atoms with van der Waals surface area (Å²) in [6, 6.07) is 12.0. The molecule has 1 aliphatic carbocycles. The summed E-state index contributed by atoms with van der Waals surface area (Å²) in [4.78, 5) is 18.9. The fourth-order valence-electron chi connectivity index (χ4n) is 3.58. The second kappa shape index (κ2) is 6.19. The molecule has 2 fully saturated rings. The second-order valence-corrected chi connectivity index (χ2v) is 6.66. The molecule has 1 saturated heterocycles. The van der Waals surface area contributed by atoms with Crippen LogP contribution in [0.3, 0.4) is 0 Å². The Labute approximate surface area is 136 Å². The minimum absolute atomic E-state index is 0.0798. The average molecular weight is 310 g/mol. The highest BCUT2D eigenvalue weighted by molar-refractivity contribution is 5.80. The first-order valence-corrected chi connectivity index (χ1v) is 8.61. The van der Waals surface area contributed by atoms with Crippen LogP contribution in [0.25, 0.3) is 10.9 Å². The highest BCUT2D eigenvalue weighted by Crippen LogP contribution is 2.28. The van der Waals surface area contributed by atoms with Crippen molar-refractivity contribution in [3.8, 4) is 5.88 Å². The van der Waals surface area contributed by atoms with Gasteiger partial charge >= 0.3 is 0 Å². The lowest BCUT2D eigenvalue weighted by atomic mass is 9.87. The minimum Gasteiger partial charge on any atom is -0.471 e. The zero-order chi connectivity index (χ0) is 15.6. The number of aromatic nitrogens is 1. The SMILES string of the molecule is O=C(C1CCCCC1)N1CC(Oc2ccc3ccccc3n2)C1. The number of para-hydroxylation sites is 1. The number of likely N-dealkylation sites (tertiary alicyclic amines) is 1. The van der Waals surface area contributed by atoms with Crippen molar-refractivity contribution in [2.24, 2.45) is 5.92 Å². The molecule has 23 heavy (non-hydrogen) atoms. The number of hydrogen-bond donors (Lipinski definition) is 0. The van der Waals surface area contributed by atoms with Gasteiger partial charge in [0.25, 0.3) is 0 Å². The summed E-state index contributed by atoms with van der Waals surface area (Å²) in [7, 11) is 0. The van der Waals surface area contributed by atoms with Gasteiger partial charge in [-0.2, -0.15) is 0 Å². The van der Waals surface area contributed by atoms with Gasteiger partial charge in [0.15, 0.2) is 0 Å². The third-order valence-corrected chi connectivity index (χ3v) is 4.97. The molecule has 4 nitrogen and oxygen atoms in total. The normalized spacial score (nSPS) is 19.6. The number of carbonyl (C=O) groups is 1. The molecule has 0 unspecified atom stereocenters. The van der Waals surface area contributed by atoms with Crippen molar-refractivity contribution in [3.05, 3.63) is 36.4 Å². The molecule has 4 rings (SSSR count). The molecular formula is C19H22N2O2. The number of ether oxygens (including phenoxy) is 1. The predicted molar refractivity (Wildman–Crippen MR) is 89.3 cm³/mol. The van der Waals surface area contributed by atoms with E-state index in [-0.39, 0.29) is 12.0 Å². The van der Waals surface area contributed by atoms with Crippen molar-refractivity contribution in [2.45, 2.75) is 38.2 Å². The molecule has 2 aliphatic rings. The summed E-state index contributed by atoms with van der Waals surface area (Å²) in [6.45, 7) is 1.40. The summed E-state index contributed by atoms with van der Waals surface area (Å²) in [5.41, 5.74) is 0.944. The first-order chi connectivity index (χ1) is 11.3. The van der Waals surface area contributed by atoms with Gasteiger partial charge in [-0.25, -0.2) is 4.98 Å². The van der Waals surface area contributed by atoms with E-state index in [9.17, 15) is 4.79 Å². The molecular weight excluding hydrogens is 288 g/mol. The molecule has 0 radical (unpaired) electrons. The van der Waals surface area contributed by atoms with Crippen molar-refractivity contribution < 1.29 is 9.53 Å². The number of carbonyl (C=O) groups excluding carboxylic acids is 1. The summed E-state index contributed by atoms with van der Waals surface area (Å²) in [5.74, 6) is 1.23. The molecule has 1 aromatic carbocycles. The standard InChI is InChI=1S/C19H22N2O2/c22-19(15-7-2-1-3-8-15)21-12-16(13-21)23-18-11-10-14-6-4-5-9-17(14)20-18/h4-6,9-11,15-16H,1-3,7-8,12-13H2. The highest BCUT2D eigenvalue weighted by Gasteiger charge is 2.36. The van der Waals surface area contributed by atoms with Crippen LogP contribution in [-0.4, -0.2) is 35.0 Å². The highest BCUT2D eigenvalue weighted by atomic mass is 16.5. The maximum atomic E-state index is 12.4. The molecule has 0 N–H and O–H groups in total. The zero-order valence-electron chi connectivity index (χ0n) is 13.3. The van der Waals surface area contributed by atoms with Crippen LogP contribution in [0.1, 0.15) is 32.1 Å². The van der Waals surface area contributed by atoms with Gasteiger partial charge in [-0.3, -0.25) is 4.79 Å². The Morgan fingerprint density at radius 2 is 1.83 bits per heavy atom. The smallest absolute Gasteiger partial charge is 0.225 e. The second-order valence-electron chi connectivity index (χ2n) is 6.66. The Hall–Kier alpha value is -2.10. The number of pyridine rings is 1. The summed E-state index contributed by atoms with van der Waals surface area (Å²) < 4.78 is 5.92. The Morgan fingerprint density at radius 1 is 1.04 bits per heavy atom. The first-order valence-electron chi connectivity index (χ1n) is 8.61. The van der Waals surface area contributed by atoms with Crippen LogP contribution in [0.4, 0.5) is 0 Å². The van der Waals surface area contributed by atoms with E-state index >= 15 is 0 Å². The Morgan fingerprint density at radius 3 is 2.65 bits per heavy atom. The number of rotatable bonds is 3. The minimum atomic E-state index is 0.0798. The lowest BCUT2D eigenvalue weighted by Crippen LogP contribution is -2.57. The Balaban J connectivity index is 1.33. The molecule has 1 aromatic heterocycles. The van der Waals surface area contributed by atoms with Crippen LogP contribution in [0, 0.1) is 5.92 Å². The zero-order valence-corrected chi connectivity index (χ0v) is 13.3. The largest absolute Gasteiger partial charge is 0.471 e. The molecule has 1 saturated carbocycles. The van der Waals surface area contributed by atoms with Crippen molar-refractivity contribution >= 4 is 16.8 Å². The van der Waals surface area contributed by atoms with E-state index in [1.807, 2.05) is 41.3 Å². The molecule has 0 atom stereocenters. The summed E-state index contributed by atoms with van der Waals surface area (Å²) in [6.07, 6.45) is 5.89. The van der Waals surface area contributed by atoms with Gasteiger partial charge < -0.3 is 9.64 Å². The average Bonchev–Trinajstić information content (AvgIpc) is 2.58. The van der Waals surface area contributed by atoms with Crippen molar-refractivity contribution in [3.63, 3.8) is 0 Å². The van der Waals surface area contributed by atoms with Gasteiger partial charge in [-0.1, -0.05) is 37.5 Å². The van der Waals surface area contributed by atoms with Crippen LogP contribution < -0.4 is 4.74 Å². The number of nitrogens with zero attached hydrogens (tertiary/aromatic N) is 2. The van der Waals surface area contributed by atoms with Gasteiger partial charge in [0, 0.05) is 17.4 Å². The van der Waals surface area contributed by atoms with Crippen molar-refractivity contribution in [1.29, 1.82) is 0 Å². The van der Waals surface area contributed by atoms with Crippen molar-refractivity contribution in [1.82, 2.24) is 9.88 Å². The Kier molecular flexibility index (Phi) is 3.90. The fraction of sp³-hybridized carbons (Fsp3) is 0.474. The number of fused-ring (bicyclic) bond motifs is 1. The fourth-order valence-corrected chi connectivity index (χ4v) is 3.58. The number of benzene rings is 1. The summed E-state index contributed by atoms with van der Waals surface area (Å²) in [5, 5.41) is 1.11. The van der Waals surface area contributed by atoms with E-state index in [2.05, 4.69) is 4.98 Å². The van der Waals surface area contributed by atoms with Crippen LogP contribution in [-0.2, 0) is 4.79 Å². The third kappa shape index (κ3) is 3.03. The summed E-state index contributed by atoms with van der Waals surface area (Å²) >= 11 is 0. The van der Waals surface area contributed by atoms with E-state index in [1.54, 1.807) is 0 Å². The van der Waals surface area contributed by atoms with Gasteiger partial charge in [0.05, 0.1) is 18.6 Å². The number of amides is 1. The Bertz CT molecular complexity index is 703. The van der Waals surface area contributed by atoms with Crippen LogP contribution in [0.5, 0.6) is 5.88 Å². The van der Waals surface area contributed by atoms with Gasteiger partial charge in [-0.05, 0) is 25.0 Å². The molecule has 1 amide bonds. The molecule has 4 heteroatoms. The lowest BCUT2D eigenvalue weighted by Gasteiger charge is -2.41. The first kappa shape index (κ1) is 14.5. The topological polar surface area (TPSA) is 42.4 Å². The molecule has 0 spiro atoms. The third-order valence-electron chi connectivity index (χ3n) is 4.97.